The Balaban J connectivity index is 2.09. The summed E-state index contributed by atoms with van der Waals surface area (Å²) in [5, 5.41) is 9.37. The van der Waals surface area contributed by atoms with Crippen molar-refractivity contribution >= 4 is 5.91 Å². The first-order valence-electron chi connectivity index (χ1n) is 6.91. The molecule has 0 spiro atoms. The van der Waals surface area contributed by atoms with Crippen LogP contribution in [0, 0.1) is 16.7 Å². The third-order valence-electron chi connectivity index (χ3n) is 3.98. The van der Waals surface area contributed by atoms with Crippen LogP contribution in [0.1, 0.15) is 31.2 Å². The first-order chi connectivity index (χ1) is 9.61. The number of nitriles is 1. The molecule has 1 saturated carbocycles. The van der Waals surface area contributed by atoms with E-state index in [2.05, 4.69) is 6.07 Å². The Bertz CT molecular complexity index is 528. The van der Waals surface area contributed by atoms with Gasteiger partial charge in [-0.2, -0.15) is 5.26 Å². The largest absolute Gasteiger partial charge is 0.497 e. The Morgan fingerprint density at radius 2 is 2.15 bits per heavy atom. The molecule has 0 aliphatic heterocycles. The van der Waals surface area contributed by atoms with E-state index >= 15 is 0 Å². The van der Waals surface area contributed by atoms with Crippen LogP contribution in [0.2, 0.25) is 0 Å². The van der Waals surface area contributed by atoms with E-state index in [9.17, 15) is 10.1 Å². The van der Waals surface area contributed by atoms with E-state index in [1.54, 1.807) is 19.1 Å². The standard InChI is InChI=1S/C16H20N2O2/c1-18(11-13-6-5-7-14(10-13)20-2)15(19)16(12-17)8-3-4-9-16/h5-7,10H,3-4,8-9,11H2,1-2H3. The summed E-state index contributed by atoms with van der Waals surface area (Å²) < 4.78 is 5.18. The maximum atomic E-state index is 12.5. The Kier molecular flexibility index (Phi) is 4.29. The number of rotatable bonds is 4. The molecule has 0 atom stereocenters. The monoisotopic (exact) mass is 272 g/mol. The van der Waals surface area contributed by atoms with Gasteiger partial charge >= 0.3 is 0 Å². The zero-order valence-electron chi connectivity index (χ0n) is 12.1. The molecule has 0 unspecified atom stereocenters. The lowest BCUT2D eigenvalue weighted by atomic mass is 9.86. The summed E-state index contributed by atoms with van der Waals surface area (Å²) in [7, 11) is 3.39. The van der Waals surface area contributed by atoms with E-state index in [4.69, 9.17) is 4.74 Å². The van der Waals surface area contributed by atoms with Crippen LogP contribution in [-0.4, -0.2) is 25.0 Å². The lowest BCUT2D eigenvalue weighted by Gasteiger charge is -2.26. The lowest BCUT2D eigenvalue weighted by molar-refractivity contribution is -0.138. The number of carbonyl (C=O) groups is 1. The van der Waals surface area contributed by atoms with Gasteiger partial charge in [0, 0.05) is 13.6 Å². The van der Waals surface area contributed by atoms with Crippen LogP contribution in [0.3, 0.4) is 0 Å². The number of nitrogens with zero attached hydrogens (tertiary/aromatic N) is 2. The van der Waals surface area contributed by atoms with E-state index in [1.807, 2.05) is 24.3 Å². The van der Waals surface area contributed by atoms with Crippen molar-refractivity contribution in [1.82, 2.24) is 4.90 Å². The first kappa shape index (κ1) is 14.4. The molecule has 1 amide bonds. The molecule has 1 aromatic carbocycles. The van der Waals surface area contributed by atoms with Gasteiger partial charge in [0.05, 0.1) is 13.2 Å². The minimum atomic E-state index is -0.798. The van der Waals surface area contributed by atoms with Gasteiger partial charge in [-0.3, -0.25) is 4.79 Å². The molecule has 0 saturated heterocycles. The van der Waals surface area contributed by atoms with E-state index in [-0.39, 0.29) is 5.91 Å². The van der Waals surface area contributed by atoms with Gasteiger partial charge in [-0.05, 0) is 30.5 Å². The predicted molar refractivity (Wildman–Crippen MR) is 76.0 cm³/mol. The molecule has 1 fully saturated rings. The van der Waals surface area contributed by atoms with Crippen LogP contribution in [0.4, 0.5) is 0 Å². The van der Waals surface area contributed by atoms with E-state index in [0.29, 0.717) is 19.4 Å². The van der Waals surface area contributed by atoms with Crippen molar-refractivity contribution in [3.8, 4) is 11.8 Å². The van der Waals surface area contributed by atoms with Crippen LogP contribution in [0.25, 0.3) is 0 Å². The molecular weight excluding hydrogens is 252 g/mol. The van der Waals surface area contributed by atoms with Crippen LogP contribution < -0.4 is 4.74 Å². The van der Waals surface area contributed by atoms with Crippen molar-refractivity contribution in [1.29, 1.82) is 5.26 Å². The second kappa shape index (κ2) is 5.96. The Hall–Kier alpha value is -2.02. The average molecular weight is 272 g/mol. The van der Waals surface area contributed by atoms with Crippen LogP contribution >= 0.6 is 0 Å². The molecule has 4 heteroatoms. The first-order valence-corrected chi connectivity index (χ1v) is 6.91. The molecule has 4 nitrogen and oxygen atoms in total. The molecule has 1 aliphatic rings. The minimum Gasteiger partial charge on any atom is -0.497 e. The SMILES string of the molecule is COc1cccc(CN(C)C(=O)C2(C#N)CCCC2)c1. The topological polar surface area (TPSA) is 53.3 Å². The molecule has 1 aliphatic carbocycles. The Morgan fingerprint density at radius 3 is 2.75 bits per heavy atom. The van der Waals surface area contributed by atoms with Crippen molar-refractivity contribution in [2.24, 2.45) is 5.41 Å². The highest BCUT2D eigenvalue weighted by molar-refractivity contribution is 5.85. The van der Waals surface area contributed by atoms with Crippen molar-refractivity contribution in [3.05, 3.63) is 29.8 Å². The van der Waals surface area contributed by atoms with Gasteiger partial charge in [-0.15, -0.1) is 0 Å². The number of hydrogen-bond donors (Lipinski definition) is 0. The number of benzene rings is 1. The normalized spacial score (nSPS) is 16.4. The molecule has 0 N–H and O–H groups in total. The van der Waals surface area contributed by atoms with Gasteiger partial charge in [-0.1, -0.05) is 25.0 Å². The maximum absolute atomic E-state index is 12.5. The third-order valence-corrected chi connectivity index (χ3v) is 3.98. The molecular formula is C16H20N2O2. The average Bonchev–Trinajstić information content (AvgIpc) is 2.96. The van der Waals surface area contributed by atoms with Gasteiger partial charge in [0.25, 0.3) is 0 Å². The zero-order chi connectivity index (χ0) is 14.6. The predicted octanol–water partition coefficient (Wildman–Crippen LogP) is 2.74. The lowest BCUT2D eigenvalue weighted by Crippen LogP contribution is -2.39. The number of ether oxygens (including phenoxy) is 1. The van der Waals surface area contributed by atoms with Gasteiger partial charge in [-0.25, -0.2) is 0 Å². The molecule has 0 bridgehead atoms. The summed E-state index contributed by atoms with van der Waals surface area (Å²) in [6, 6.07) is 9.90. The second-order valence-electron chi connectivity index (χ2n) is 5.41. The highest BCUT2D eigenvalue weighted by Crippen LogP contribution is 2.39. The molecule has 0 aromatic heterocycles. The number of hydrogen-bond acceptors (Lipinski definition) is 3. The van der Waals surface area contributed by atoms with E-state index < -0.39 is 5.41 Å². The third kappa shape index (κ3) is 2.77. The molecule has 0 heterocycles. The van der Waals surface area contributed by atoms with Crippen LogP contribution in [-0.2, 0) is 11.3 Å². The molecule has 0 radical (unpaired) electrons. The smallest absolute Gasteiger partial charge is 0.243 e. The van der Waals surface area contributed by atoms with E-state index in [0.717, 1.165) is 24.2 Å². The summed E-state index contributed by atoms with van der Waals surface area (Å²) >= 11 is 0. The van der Waals surface area contributed by atoms with Gasteiger partial charge in [0.2, 0.25) is 5.91 Å². The van der Waals surface area contributed by atoms with Gasteiger partial charge in [0.15, 0.2) is 0 Å². The molecule has 2 rings (SSSR count). The van der Waals surface area contributed by atoms with Crippen molar-refractivity contribution in [2.45, 2.75) is 32.2 Å². The zero-order valence-corrected chi connectivity index (χ0v) is 12.1. The van der Waals surface area contributed by atoms with Crippen LogP contribution in [0.5, 0.6) is 5.75 Å². The van der Waals surface area contributed by atoms with Crippen molar-refractivity contribution < 1.29 is 9.53 Å². The Morgan fingerprint density at radius 1 is 1.45 bits per heavy atom. The summed E-state index contributed by atoms with van der Waals surface area (Å²) in [4.78, 5) is 14.2. The quantitative estimate of drug-likeness (QED) is 0.846. The molecule has 106 valence electrons. The fraction of sp³-hybridized carbons (Fsp3) is 0.500. The number of methoxy groups -OCH3 is 1. The maximum Gasteiger partial charge on any atom is 0.243 e. The summed E-state index contributed by atoms with van der Waals surface area (Å²) in [6.07, 6.45) is 3.30. The highest BCUT2D eigenvalue weighted by atomic mass is 16.5. The fourth-order valence-corrected chi connectivity index (χ4v) is 2.83. The fourth-order valence-electron chi connectivity index (χ4n) is 2.83. The molecule has 1 aromatic rings. The van der Waals surface area contributed by atoms with Crippen LogP contribution in [0.15, 0.2) is 24.3 Å². The summed E-state index contributed by atoms with van der Waals surface area (Å²) in [6.45, 7) is 0.499. The van der Waals surface area contributed by atoms with Gasteiger partial charge < -0.3 is 9.64 Å². The number of amides is 1. The minimum absolute atomic E-state index is 0.0553. The van der Waals surface area contributed by atoms with Crippen molar-refractivity contribution in [2.75, 3.05) is 14.2 Å². The summed E-state index contributed by atoms with van der Waals surface area (Å²) in [5.74, 6) is 0.722. The summed E-state index contributed by atoms with van der Waals surface area (Å²) in [5.41, 5.74) is 0.208. The molecule has 20 heavy (non-hydrogen) atoms. The van der Waals surface area contributed by atoms with Crippen molar-refractivity contribution in [3.63, 3.8) is 0 Å². The van der Waals surface area contributed by atoms with Gasteiger partial charge in [0.1, 0.15) is 11.2 Å². The number of carbonyl (C=O) groups excluding carboxylic acids is 1. The van der Waals surface area contributed by atoms with E-state index in [1.165, 1.54) is 0 Å². The Labute approximate surface area is 120 Å². The highest BCUT2D eigenvalue weighted by Gasteiger charge is 2.43. The second-order valence-corrected chi connectivity index (χ2v) is 5.41.